The number of fused-ring (bicyclic) bond motifs is 2. The fourth-order valence-corrected chi connectivity index (χ4v) is 3.42. The zero-order chi connectivity index (χ0) is 16.8. The van der Waals surface area contributed by atoms with Crippen molar-refractivity contribution in [3.05, 3.63) is 0 Å². The Bertz CT molecular complexity index is 605. The Morgan fingerprint density at radius 1 is 1.30 bits per heavy atom. The molecule has 3 rings (SSSR count). The Balaban J connectivity index is 1.58. The smallest absolute Gasteiger partial charge is 0.309 e. The van der Waals surface area contributed by atoms with E-state index in [1.165, 1.54) is 4.90 Å². The highest BCUT2D eigenvalue weighted by Crippen LogP contribution is 2.30. The lowest BCUT2D eigenvalue weighted by molar-refractivity contribution is -0.152. The average Bonchev–Trinajstić information content (AvgIpc) is 2.66. The fourth-order valence-electron chi connectivity index (χ4n) is 3.03. The highest BCUT2D eigenvalue weighted by atomic mass is 32.3. The van der Waals surface area contributed by atoms with Crippen molar-refractivity contribution in [2.75, 3.05) is 26.7 Å². The predicted molar refractivity (Wildman–Crippen MR) is 73.9 cm³/mol. The highest BCUT2D eigenvalue weighted by Gasteiger charge is 2.49. The van der Waals surface area contributed by atoms with Crippen LogP contribution in [0.25, 0.3) is 0 Å². The van der Waals surface area contributed by atoms with Gasteiger partial charge in [0.05, 0.1) is 6.04 Å². The second-order valence-corrected chi connectivity index (χ2v) is 6.94. The van der Waals surface area contributed by atoms with Crippen LogP contribution in [-0.2, 0) is 24.3 Å². The number of nitrogens with zero attached hydrogens (tertiary/aromatic N) is 3. The number of amides is 3. The highest BCUT2D eigenvalue weighted by molar-refractivity contribution is 7.80. The zero-order valence-electron chi connectivity index (χ0n) is 12.4. The van der Waals surface area contributed by atoms with Gasteiger partial charge in [-0.1, -0.05) is 0 Å². The van der Waals surface area contributed by atoms with Gasteiger partial charge in [-0.25, -0.2) is 10.3 Å². The van der Waals surface area contributed by atoms with Crippen LogP contribution in [0.3, 0.4) is 0 Å². The van der Waals surface area contributed by atoms with Crippen LogP contribution in [0.4, 0.5) is 4.79 Å². The minimum absolute atomic E-state index is 0.0751. The predicted octanol–water partition coefficient (Wildman–Crippen LogP) is -1.65. The number of nitrogens with one attached hydrogen (secondary N) is 1. The maximum atomic E-state index is 12.2. The molecule has 0 spiro atoms. The molecule has 2 atom stereocenters. The molecule has 0 aromatic carbocycles. The van der Waals surface area contributed by atoms with E-state index < -0.39 is 34.4 Å². The van der Waals surface area contributed by atoms with Crippen molar-refractivity contribution in [3.8, 4) is 0 Å². The van der Waals surface area contributed by atoms with Crippen LogP contribution < -0.4 is 5.48 Å². The van der Waals surface area contributed by atoms with E-state index in [0.717, 1.165) is 0 Å². The number of carbonyl (C=O) groups is 2. The van der Waals surface area contributed by atoms with Crippen LogP contribution in [0.15, 0.2) is 0 Å². The molecule has 130 valence electrons. The zero-order valence-corrected chi connectivity index (χ0v) is 13.2. The minimum Gasteiger partial charge on any atom is -0.309 e. The van der Waals surface area contributed by atoms with Crippen molar-refractivity contribution in [1.82, 2.24) is 20.3 Å². The van der Waals surface area contributed by atoms with E-state index in [-0.39, 0.29) is 12.6 Å². The summed E-state index contributed by atoms with van der Waals surface area (Å²) < 4.78 is 34.6. The Morgan fingerprint density at radius 2 is 2.00 bits per heavy atom. The van der Waals surface area contributed by atoms with Crippen molar-refractivity contribution in [2.24, 2.45) is 0 Å². The van der Waals surface area contributed by atoms with E-state index in [0.29, 0.717) is 31.0 Å². The van der Waals surface area contributed by atoms with Gasteiger partial charge < -0.3 is 9.80 Å². The van der Waals surface area contributed by atoms with Crippen LogP contribution in [-0.4, -0.2) is 84.6 Å². The molecule has 2 bridgehead atoms. The van der Waals surface area contributed by atoms with Gasteiger partial charge >= 0.3 is 16.4 Å². The summed E-state index contributed by atoms with van der Waals surface area (Å²) in [7, 11) is -2.86. The van der Waals surface area contributed by atoms with E-state index >= 15 is 0 Å². The maximum Gasteiger partial charge on any atom is 0.418 e. The third-order valence-electron chi connectivity index (χ3n) is 4.16. The molecule has 0 radical (unpaired) electrons. The lowest BCUT2D eigenvalue weighted by Gasteiger charge is -2.36. The number of urea groups is 1. The number of likely N-dealkylation sites (N-methyl/N-ethyl adjacent to an activating group) is 1. The van der Waals surface area contributed by atoms with Gasteiger partial charge in [-0.05, 0) is 19.9 Å². The van der Waals surface area contributed by atoms with E-state index in [9.17, 15) is 18.0 Å². The average molecular weight is 350 g/mol. The molecule has 3 fully saturated rings. The molecular weight excluding hydrogens is 332 g/mol. The molecule has 1 unspecified atom stereocenters. The molecule has 3 aliphatic rings. The number of hydroxylamine groups is 3. The second kappa shape index (κ2) is 5.87. The number of piperidine rings is 1. The molecular formula is C11H18N4O7S. The Hall–Kier alpha value is -1.47. The van der Waals surface area contributed by atoms with Crippen LogP contribution >= 0.6 is 0 Å². The molecule has 0 aromatic heterocycles. The maximum absolute atomic E-state index is 12.2. The van der Waals surface area contributed by atoms with Crippen molar-refractivity contribution in [1.29, 1.82) is 0 Å². The standard InChI is InChI=1S/C11H18N4O7S/c1-13-5-8(6-13)21-12-10(16)9-3-2-7-4-14(9)11(17)15(7)22-23(18,19)20/h7-9H,2-6H2,1H3,(H,12,16)(H,18,19,20)/t7?,9-/m0/s1. The van der Waals surface area contributed by atoms with Crippen molar-refractivity contribution in [3.63, 3.8) is 0 Å². The lowest BCUT2D eigenvalue weighted by atomic mass is 10.0. The molecule has 0 saturated carbocycles. The SMILES string of the molecule is CN1CC(ONC(=O)[C@@H]2CCC3CN2C(=O)N3OS(=O)(=O)O)C1. The summed E-state index contributed by atoms with van der Waals surface area (Å²) >= 11 is 0. The fraction of sp³-hybridized carbons (Fsp3) is 0.818. The molecule has 23 heavy (non-hydrogen) atoms. The summed E-state index contributed by atoms with van der Waals surface area (Å²) in [5.74, 6) is -0.458. The molecule has 0 aromatic rings. The monoisotopic (exact) mass is 350 g/mol. The van der Waals surface area contributed by atoms with Gasteiger partial charge in [0.25, 0.3) is 5.91 Å². The third kappa shape index (κ3) is 3.40. The van der Waals surface area contributed by atoms with E-state index in [1.807, 2.05) is 11.9 Å². The molecule has 3 amide bonds. The van der Waals surface area contributed by atoms with Gasteiger partial charge in [0.2, 0.25) is 0 Å². The van der Waals surface area contributed by atoms with Crippen LogP contribution in [0.5, 0.6) is 0 Å². The van der Waals surface area contributed by atoms with Gasteiger partial charge in [-0.3, -0.25) is 14.2 Å². The van der Waals surface area contributed by atoms with Crippen molar-refractivity contribution < 1.29 is 31.7 Å². The number of hydrogen-bond acceptors (Lipinski definition) is 7. The summed E-state index contributed by atoms with van der Waals surface area (Å²) in [6.45, 7) is 1.58. The number of rotatable bonds is 5. The summed E-state index contributed by atoms with van der Waals surface area (Å²) in [5, 5.41) is 0.602. The largest absolute Gasteiger partial charge is 0.418 e. The Kier molecular flexibility index (Phi) is 4.18. The van der Waals surface area contributed by atoms with Gasteiger partial charge in [-0.2, -0.15) is 13.5 Å². The summed E-state index contributed by atoms with van der Waals surface area (Å²) in [4.78, 5) is 32.8. The minimum atomic E-state index is -4.79. The number of hydrogen-bond donors (Lipinski definition) is 2. The van der Waals surface area contributed by atoms with E-state index in [1.54, 1.807) is 0 Å². The molecule has 3 saturated heterocycles. The first-order valence-electron chi connectivity index (χ1n) is 7.15. The molecule has 2 N–H and O–H groups in total. The first-order valence-corrected chi connectivity index (χ1v) is 8.52. The van der Waals surface area contributed by atoms with Crippen LogP contribution in [0.1, 0.15) is 12.8 Å². The van der Waals surface area contributed by atoms with E-state index in [2.05, 4.69) is 9.76 Å². The Morgan fingerprint density at radius 3 is 2.61 bits per heavy atom. The van der Waals surface area contributed by atoms with Crippen LogP contribution in [0, 0.1) is 0 Å². The molecule has 12 heteroatoms. The third-order valence-corrected chi connectivity index (χ3v) is 4.51. The summed E-state index contributed by atoms with van der Waals surface area (Å²) in [6, 6.07) is -2.05. The molecule has 0 aliphatic carbocycles. The summed E-state index contributed by atoms with van der Waals surface area (Å²) in [5.41, 5.74) is 2.35. The quantitative estimate of drug-likeness (QED) is 0.446. The Labute approximate surface area is 132 Å². The first kappa shape index (κ1) is 16.4. The van der Waals surface area contributed by atoms with Crippen molar-refractivity contribution >= 4 is 22.3 Å². The normalized spacial score (nSPS) is 28.9. The first-order chi connectivity index (χ1) is 10.7. The molecule has 3 aliphatic heterocycles. The van der Waals surface area contributed by atoms with E-state index in [4.69, 9.17) is 9.39 Å². The lowest BCUT2D eigenvalue weighted by Crippen LogP contribution is -2.55. The number of likely N-dealkylation sites (tertiary alicyclic amines) is 1. The van der Waals surface area contributed by atoms with Gasteiger partial charge in [0.15, 0.2) is 0 Å². The molecule has 11 nitrogen and oxygen atoms in total. The topological polar surface area (TPSA) is 129 Å². The van der Waals surface area contributed by atoms with Crippen LogP contribution in [0.2, 0.25) is 0 Å². The van der Waals surface area contributed by atoms with Gasteiger partial charge in [-0.15, -0.1) is 4.28 Å². The second-order valence-electron chi connectivity index (χ2n) is 5.94. The summed E-state index contributed by atoms with van der Waals surface area (Å²) in [6.07, 6.45) is 0.651. The number of carbonyl (C=O) groups excluding carboxylic acids is 2. The van der Waals surface area contributed by atoms with Gasteiger partial charge in [0.1, 0.15) is 12.1 Å². The molecule has 3 heterocycles. The van der Waals surface area contributed by atoms with Crippen molar-refractivity contribution in [2.45, 2.75) is 31.0 Å². The van der Waals surface area contributed by atoms with Gasteiger partial charge in [0, 0.05) is 19.6 Å².